The van der Waals surface area contributed by atoms with Gasteiger partial charge in [0.1, 0.15) is 0 Å². The van der Waals surface area contributed by atoms with Crippen molar-refractivity contribution in [1.82, 2.24) is 9.88 Å². The van der Waals surface area contributed by atoms with E-state index in [1.807, 2.05) is 32.8 Å². The number of rotatable bonds is 8. The van der Waals surface area contributed by atoms with Gasteiger partial charge >= 0.3 is 0 Å². The zero-order valence-electron chi connectivity index (χ0n) is 17.8. The maximum absolute atomic E-state index is 13.1. The highest BCUT2D eigenvalue weighted by Gasteiger charge is 2.23. The number of thiazole rings is 1. The van der Waals surface area contributed by atoms with E-state index in [1.165, 1.54) is 11.3 Å². The number of fused-ring (bicyclic) bond motifs is 1. The number of carbonyl (C=O) groups is 1. The van der Waals surface area contributed by atoms with Gasteiger partial charge < -0.3 is 4.90 Å². The smallest absolute Gasteiger partial charge is 0.229 e. The molecule has 1 aromatic heterocycles. The molecule has 30 heavy (non-hydrogen) atoms. The molecule has 0 aliphatic rings. The first-order chi connectivity index (χ1) is 14.2. The number of amides is 1. The van der Waals surface area contributed by atoms with Crippen molar-refractivity contribution in [3.05, 3.63) is 53.6 Å². The minimum Gasteiger partial charge on any atom is -0.308 e. The van der Waals surface area contributed by atoms with Crippen molar-refractivity contribution in [1.29, 1.82) is 0 Å². The molecule has 0 aliphatic heterocycles. The summed E-state index contributed by atoms with van der Waals surface area (Å²) in [4.78, 5) is 21.6. The van der Waals surface area contributed by atoms with E-state index >= 15 is 0 Å². The van der Waals surface area contributed by atoms with Gasteiger partial charge in [-0.1, -0.05) is 35.6 Å². The van der Waals surface area contributed by atoms with Crippen LogP contribution in [0, 0.1) is 13.8 Å². The van der Waals surface area contributed by atoms with Gasteiger partial charge in [0.2, 0.25) is 5.91 Å². The number of hydrogen-bond donors (Lipinski definition) is 0. The summed E-state index contributed by atoms with van der Waals surface area (Å²) >= 11 is 1.47. The fourth-order valence-corrected chi connectivity index (χ4v) is 5.64. The fourth-order valence-electron chi connectivity index (χ4n) is 3.20. The van der Waals surface area contributed by atoms with Crippen LogP contribution >= 0.6 is 11.3 Å². The van der Waals surface area contributed by atoms with E-state index in [1.54, 1.807) is 35.2 Å². The molecule has 8 heteroatoms. The van der Waals surface area contributed by atoms with E-state index < -0.39 is 9.84 Å². The summed E-state index contributed by atoms with van der Waals surface area (Å²) in [5.74, 6) is -0.457. The zero-order chi connectivity index (χ0) is 21.9. The second kappa shape index (κ2) is 9.24. The van der Waals surface area contributed by atoms with Gasteiger partial charge in [0.15, 0.2) is 15.0 Å². The van der Waals surface area contributed by atoms with Crippen molar-refractivity contribution >= 4 is 42.4 Å². The van der Waals surface area contributed by atoms with Crippen LogP contribution in [0.2, 0.25) is 0 Å². The minimum atomic E-state index is -3.51. The molecule has 0 fully saturated rings. The first kappa shape index (κ1) is 22.4. The highest BCUT2D eigenvalue weighted by molar-refractivity contribution is 7.91. The SMILES string of the molecule is Cc1cc(C)c2nc(N(CCN(C)C)C(=O)CCS(=O)(=O)c3ccccc3)sc2c1. The number of hydrogen-bond acceptors (Lipinski definition) is 6. The van der Waals surface area contributed by atoms with Crippen molar-refractivity contribution in [3.8, 4) is 0 Å². The summed E-state index contributed by atoms with van der Waals surface area (Å²) in [6.07, 6.45) is -0.0847. The number of likely N-dealkylation sites (N-methyl/N-ethyl adjacent to an activating group) is 1. The second-order valence-electron chi connectivity index (χ2n) is 7.66. The Bertz CT molecular complexity index is 1140. The summed E-state index contributed by atoms with van der Waals surface area (Å²) in [5.41, 5.74) is 3.11. The summed E-state index contributed by atoms with van der Waals surface area (Å²) in [7, 11) is 0.364. The number of aryl methyl sites for hydroxylation is 2. The summed E-state index contributed by atoms with van der Waals surface area (Å²) in [6.45, 7) is 5.16. The molecule has 0 radical (unpaired) electrons. The average Bonchev–Trinajstić information content (AvgIpc) is 3.11. The highest BCUT2D eigenvalue weighted by atomic mass is 32.2. The molecular weight excluding hydrogens is 418 g/mol. The molecule has 3 aromatic rings. The third-order valence-corrected chi connectivity index (χ3v) is 7.57. The van der Waals surface area contributed by atoms with Gasteiger partial charge in [0, 0.05) is 19.5 Å². The van der Waals surface area contributed by atoms with E-state index in [0.717, 1.165) is 21.3 Å². The second-order valence-corrected chi connectivity index (χ2v) is 10.8. The van der Waals surface area contributed by atoms with E-state index in [9.17, 15) is 13.2 Å². The maximum atomic E-state index is 13.1. The van der Waals surface area contributed by atoms with Gasteiger partial charge in [-0.05, 0) is 57.3 Å². The minimum absolute atomic E-state index is 0.0847. The van der Waals surface area contributed by atoms with Crippen LogP contribution in [0.5, 0.6) is 0 Å². The third-order valence-electron chi connectivity index (χ3n) is 4.81. The Balaban J connectivity index is 1.84. The maximum Gasteiger partial charge on any atom is 0.229 e. The topological polar surface area (TPSA) is 70.6 Å². The lowest BCUT2D eigenvalue weighted by Gasteiger charge is -2.22. The molecule has 2 aromatic carbocycles. The molecule has 6 nitrogen and oxygen atoms in total. The Labute approximate surface area is 182 Å². The van der Waals surface area contributed by atoms with Crippen molar-refractivity contribution in [2.45, 2.75) is 25.2 Å². The highest BCUT2D eigenvalue weighted by Crippen LogP contribution is 2.32. The molecule has 0 spiro atoms. The van der Waals surface area contributed by atoms with E-state index in [0.29, 0.717) is 18.2 Å². The monoisotopic (exact) mass is 445 g/mol. The molecule has 0 N–H and O–H groups in total. The lowest BCUT2D eigenvalue weighted by molar-refractivity contribution is -0.118. The molecule has 0 bridgehead atoms. The number of aromatic nitrogens is 1. The molecule has 1 amide bonds. The van der Waals surface area contributed by atoms with Crippen LogP contribution in [0.25, 0.3) is 10.2 Å². The van der Waals surface area contributed by atoms with Crippen LogP contribution in [-0.2, 0) is 14.6 Å². The van der Waals surface area contributed by atoms with Crippen molar-refractivity contribution in [2.75, 3.05) is 37.8 Å². The molecule has 0 aliphatic carbocycles. The van der Waals surface area contributed by atoms with Gasteiger partial charge in [-0.25, -0.2) is 13.4 Å². The Kier molecular flexibility index (Phi) is 6.90. The lowest BCUT2D eigenvalue weighted by atomic mass is 10.1. The standard InChI is InChI=1S/C22H27N3O3S2/c1-16-14-17(2)21-19(15-16)29-22(23-21)25(12-11-24(3)4)20(26)10-13-30(27,28)18-8-6-5-7-9-18/h5-9,14-15H,10-13H2,1-4H3. The molecule has 3 rings (SSSR count). The van der Waals surface area contributed by atoms with Gasteiger partial charge in [0.05, 0.1) is 20.9 Å². The number of nitrogens with zero attached hydrogens (tertiary/aromatic N) is 3. The fraction of sp³-hybridized carbons (Fsp3) is 0.364. The van der Waals surface area contributed by atoms with Crippen molar-refractivity contribution < 1.29 is 13.2 Å². The number of anilines is 1. The van der Waals surface area contributed by atoms with Gasteiger partial charge in [-0.2, -0.15) is 0 Å². The molecule has 0 saturated heterocycles. The van der Waals surface area contributed by atoms with E-state index in [2.05, 4.69) is 12.1 Å². The Morgan fingerprint density at radius 3 is 2.43 bits per heavy atom. The van der Waals surface area contributed by atoms with E-state index in [4.69, 9.17) is 4.98 Å². The Morgan fingerprint density at radius 1 is 1.07 bits per heavy atom. The summed E-state index contributed by atoms with van der Waals surface area (Å²) < 4.78 is 26.2. The van der Waals surface area contributed by atoms with Gasteiger partial charge in [-0.3, -0.25) is 9.69 Å². The first-order valence-corrected chi connectivity index (χ1v) is 12.2. The summed E-state index contributed by atoms with van der Waals surface area (Å²) in [5, 5.41) is 0.614. The molecular formula is C22H27N3O3S2. The molecule has 160 valence electrons. The Hall–Kier alpha value is -2.29. The first-order valence-electron chi connectivity index (χ1n) is 9.78. The average molecular weight is 446 g/mol. The third kappa shape index (κ3) is 5.24. The van der Waals surface area contributed by atoms with Crippen LogP contribution in [0.15, 0.2) is 47.4 Å². The molecule has 0 atom stereocenters. The van der Waals surface area contributed by atoms with Crippen molar-refractivity contribution in [2.24, 2.45) is 0 Å². The van der Waals surface area contributed by atoms with Crippen LogP contribution in [0.3, 0.4) is 0 Å². The predicted octanol–water partition coefficient (Wildman–Crippen LogP) is 3.67. The Morgan fingerprint density at radius 2 is 1.77 bits per heavy atom. The number of carbonyl (C=O) groups excluding carboxylic acids is 1. The van der Waals surface area contributed by atoms with Crippen LogP contribution in [-0.4, -0.2) is 57.1 Å². The predicted molar refractivity (Wildman–Crippen MR) is 123 cm³/mol. The lowest BCUT2D eigenvalue weighted by Crippen LogP contribution is -2.37. The van der Waals surface area contributed by atoms with Crippen LogP contribution in [0.1, 0.15) is 17.5 Å². The normalized spacial score (nSPS) is 11.9. The molecule has 0 unspecified atom stereocenters. The van der Waals surface area contributed by atoms with Crippen LogP contribution < -0.4 is 4.90 Å². The van der Waals surface area contributed by atoms with Crippen molar-refractivity contribution in [3.63, 3.8) is 0 Å². The summed E-state index contributed by atoms with van der Waals surface area (Å²) in [6, 6.07) is 12.4. The quantitative estimate of drug-likeness (QED) is 0.529. The zero-order valence-corrected chi connectivity index (χ0v) is 19.4. The van der Waals surface area contributed by atoms with Gasteiger partial charge in [0.25, 0.3) is 0 Å². The van der Waals surface area contributed by atoms with Crippen LogP contribution in [0.4, 0.5) is 5.13 Å². The number of sulfone groups is 1. The van der Waals surface area contributed by atoms with Gasteiger partial charge in [-0.15, -0.1) is 0 Å². The number of benzene rings is 2. The molecule has 0 saturated carbocycles. The molecule has 1 heterocycles. The largest absolute Gasteiger partial charge is 0.308 e. The van der Waals surface area contributed by atoms with E-state index in [-0.39, 0.29) is 23.0 Å².